The zero-order valence-electron chi connectivity index (χ0n) is 15.5. The molecule has 1 aromatic carbocycles. The van der Waals surface area contributed by atoms with Crippen LogP contribution in [0.1, 0.15) is 76.9 Å². The van der Waals surface area contributed by atoms with E-state index in [1.165, 1.54) is 44.1 Å². The molecule has 1 aliphatic rings. The Hall–Kier alpha value is -1.06. The lowest BCUT2D eigenvalue weighted by Crippen LogP contribution is -2.31. The first-order valence-electron chi connectivity index (χ1n) is 9.79. The van der Waals surface area contributed by atoms with E-state index in [4.69, 9.17) is 14.2 Å². The van der Waals surface area contributed by atoms with E-state index in [9.17, 15) is 0 Å². The maximum Gasteiger partial charge on any atom is 0.119 e. The van der Waals surface area contributed by atoms with Crippen molar-refractivity contribution in [2.75, 3.05) is 19.8 Å². The van der Waals surface area contributed by atoms with Crippen molar-refractivity contribution in [3.8, 4) is 5.75 Å². The zero-order chi connectivity index (χ0) is 17.0. The maximum atomic E-state index is 6.02. The van der Waals surface area contributed by atoms with Crippen LogP contribution in [0.15, 0.2) is 24.3 Å². The van der Waals surface area contributed by atoms with Crippen molar-refractivity contribution in [3.05, 3.63) is 29.8 Å². The molecule has 1 aliphatic heterocycles. The van der Waals surface area contributed by atoms with Gasteiger partial charge in [-0.1, -0.05) is 64.5 Å². The largest absolute Gasteiger partial charge is 0.494 e. The highest BCUT2D eigenvalue weighted by Crippen LogP contribution is 2.26. The van der Waals surface area contributed by atoms with Gasteiger partial charge in [-0.25, -0.2) is 0 Å². The summed E-state index contributed by atoms with van der Waals surface area (Å²) < 4.78 is 17.8. The fraction of sp³-hybridized carbons (Fsp3) is 0.714. The summed E-state index contributed by atoms with van der Waals surface area (Å²) in [6.45, 7) is 6.63. The second kappa shape index (κ2) is 11.5. The minimum Gasteiger partial charge on any atom is -0.494 e. The standard InChI is InChI=1S/C21H34O3/c1-3-5-7-8-10-20-16-24-21(17-23-20)18-11-13-19(14-12-18)22-15-9-6-4-2/h11-14,20-21H,3-10,15-17H2,1-2H3/t20-,21-/m0/s1. The minimum absolute atomic E-state index is 0.0611. The average molecular weight is 335 g/mol. The number of unbranched alkanes of at least 4 members (excludes halogenated alkanes) is 5. The van der Waals surface area contributed by atoms with Gasteiger partial charge in [0.2, 0.25) is 0 Å². The molecule has 3 heteroatoms. The first-order chi connectivity index (χ1) is 11.8. The Morgan fingerprint density at radius 1 is 0.875 bits per heavy atom. The topological polar surface area (TPSA) is 27.7 Å². The number of hydrogen-bond donors (Lipinski definition) is 0. The van der Waals surface area contributed by atoms with Crippen LogP contribution in [-0.4, -0.2) is 25.9 Å². The molecule has 136 valence electrons. The highest BCUT2D eigenvalue weighted by Gasteiger charge is 2.23. The number of ether oxygens (including phenoxy) is 3. The first-order valence-corrected chi connectivity index (χ1v) is 9.79. The Bertz CT molecular complexity index is 421. The number of rotatable bonds is 11. The van der Waals surface area contributed by atoms with Crippen LogP contribution in [0.25, 0.3) is 0 Å². The van der Waals surface area contributed by atoms with Crippen LogP contribution in [0.3, 0.4) is 0 Å². The van der Waals surface area contributed by atoms with Crippen molar-refractivity contribution in [1.29, 1.82) is 0 Å². The van der Waals surface area contributed by atoms with Crippen molar-refractivity contribution in [2.24, 2.45) is 0 Å². The first kappa shape index (κ1) is 19.3. The molecule has 0 aromatic heterocycles. The van der Waals surface area contributed by atoms with Crippen LogP contribution in [0, 0.1) is 0 Å². The van der Waals surface area contributed by atoms with Gasteiger partial charge in [-0.2, -0.15) is 0 Å². The second-order valence-electron chi connectivity index (χ2n) is 6.75. The van der Waals surface area contributed by atoms with E-state index < -0.39 is 0 Å². The van der Waals surface area contributed by atoms with Crippen LogP contribution in [0.4, 0.5) is 0 Å². The zero-order valence-corrected chi connectivity index (χ0v) is 15.5. The summed E-state index contributed by atoms with van der Waals surface area (Å²) in [6.07, 6.45) is 10.2. The molecule has 2 rings (SSSR count). The van der Waals surface area contributed by atoms with Gasteiger partial charge in [0, 0.05) is 0 Å². The summed E-state index contributed by atoms with van der Waals surface area (Å²) in [4.78, 5) is 0. The Balaban J connectivity index is 1.68. The molecule has 0 spiro atoms. The molecule has 24 heavy (non-hydrogen) atoms. The van der Waals surface area contributed by atoms with Crippen molar-refractivity contribution in [1.82, 2.24) is 0 Å². The van der Waals surface area contributed by atoms with E-state index in [1.807, 2.05) is 12.1 Å². The normalized spacial score (nSPS) is 20.9. The van der Waals surface area contributed by atoms with Crippen LogP contribution in [-0.2, 0) is 9.47 Å². The minimum atomic E-state index is 0.0611. The average Bonchev–Trinajstić information content (AvgIpc) is 2.64. The molecule has 0 saturated carbocycles. The number of benzene rings is 1. The van der Waals surface area contributed by atoms with Gasteiger partial charge < -0.3 is 14.2 Å². The molecular weight excluding hydrogens is 300 g/mol. The van der Waals surface area contributed by atoms with Gasteiger partial charge >= 0.3 is 0 Å². The molecule has 1 fully saturated rings. The Morgan fingerprint density at radius 2 is 1.62 bits per heavy atom. The van der Waals surface area contributed by atoms with Crippen molar-refractivity contribution < 1.29 is 14.2 Å². The Kier molecular flexibility index (Phi) is 9.22. The molecule has 0 radical (unpaired) electrons. The van der Waals surface area contributed by atoms with Gasteiger partial charge in [0.25, 0.3) is 0 Å². The Labute approximate surface area is 147 Å². The summed E-state index contributed by atoms with van der Waals surface area (Å²) in [7, 11) is 0. The predicted octanol–water partition coefficient (Wildman–Crippen LogP) is 5.68. The summed E-state index contributed by atoms with van der Waals surface area (Å²) in [5, 5.41) is 0. The molecule has 3 nitrogen and oxygen atoms in total. The lowest BCUT2D eigenvalue weighted by molar-refractivity contribution is -0.137. The predicted molar refractivity (Wildman–Crippen MR) is 98.7 cm³/mol. The van der Waals surface area contributed by atoms with E-state index >= 15 is 0 Å². The van der Waals surface area contributed by atoms with Crippen LogP contribution < -0.4 is 4.74 Å². The lowest BCUT2D eigenvalue weighted by Gasteiger charge is -2.30. The highest BCUT2D eigenvalue weighted by molar-refractivity contribution is 5.28. The van der Waals surface area contributed by atoms with Crippen molar-refractivity contribution >= 4 is 0 Å². The molecule has 0 aliphatic carbocycles. The number of hydrogen-bond acceptors (Lipinski definition) is 3. The van der Waals surface area contributed by atoms with Crippen LogP contribution >= 0.6 is 0 Å². The van der Waals surface area contributed by atoms with Crippen LogP contribution in [0.5, 0.6) is 5.75 Å². The summed E-state index contributed by atoms with van der Waals surface area (Å²) in [5.74, 6) is 0.945. The Morgan fingerprint density at radius 3 is 2.29 bits per heavy atom. The van der Waals surface area contributed by atoms with Gasteiger partial charge in [-0.05, 0) is 30.5 Å². The quantitative estimate of drug-likeness (QED) is 0.487. The summed E-state index contributed by atoms with van der Waals surface area (Å²) in [5.41, 5.74) is 1.18. The molecule has 0 amide bonds. The van der Waals surface area contributed by atoms with E-state index in [-0.39, 0.29) is 12.2 Å². The molecular formula is C21H34O3. The molecule has 0 N–H and O–H groups in total. The molecule has 1 saturated heterocycles. The molecule has 2 atom stereocenters. The molecule has 1 aromatic rings. The fourth-order valence-corrected chi connectivity index (χ4v) is 3.02. The van der Waals surface area contributed by atoms with Gasteiger partial charge in [-0.3, -0.25) is 0 Å². The fourth-order valence-electron chi connectivity index (χ4n) is 3.02. The van der Waals surface area contributed by atoms with E-state index in [2.05, 4.69) is 26.0 Å². The van der Waals surface area contributed by atoms with Crippen molar-refractivity contribution in [3.63, 3.8) is 0 Å². The second-order valence-corrected chi connectivity index (χ2v) is 6.75. The van der Waals surface area contributed by atoms with Gasteiger partial charge in [0.05, 0.1) is 25.9 Å². The van der Waals surface area contributed by atoms with Gasteiger partial charge in [-0.15, -0.1) is 0 Å². The molecule has 1 heterocycles. The maximum absolute atomic E-state index is 6.02. The SMILES string of the molecule is CCCCCC[C@H]1CO[C@H](c2ccc(OCCCCC)cc2)CO1. The summed E-state index contributed by atoms with van der Waals surface area (Å²) >= 11 is 0. The molecule has 0 unspecified atom stereocenters. The van der Waals surface area contributed by atoms with Gasteiger partial charge in [0.1, 0.15) is 11.9 Å². The third kappa shape index (κ3) is 6.82. The third-order valence-corrected chi connectivity index (χ3v) is 4.61. The monoisotopic (exact) mass is 334 g/mol. The van der Waals surface area contributed by atoms with Crippen molar-refractivity contribution in [2.45, 2.75) is 77.4 Å². The highest BCUT2D eigenvalue weighted by atomic mass is 16.6. The van der Waals surface area contributed by atoms with E-state index in [1.54, 1.807) is 0 Å². The van der Waals surface area contributed by atoms with Crippen LogP contribution in [0.2, 0.25) is 0 Å². The van der Waals surface area contributed by atoms with Gasteiger partial charge in [0.15, 0.2) is 0 Å². The van der Waals surface area contributed by atoms with E-state index in [0.717, 1.165) is 25.2 Å². The lowest BCUT2D eigenvalue weighted by atomic mass is 10.1. The smallest absolute Gasteiger partial charge is 0.119 e. The summed E-state index contributed by atoms with van der Waals surface area (Å²) in [6, 6.07) is 8.29. The van der Waals surface area contributed by atoms with E-state index in [0.29, 0.717) is 13.2 Å². The molecule has 0 bridgehead atoms. The third-order valence-electron chi connectivity index (χ3n) is 4.61.